The predicted octanol–water partition coefficient (Wildman–Crippen LogP) is 2.73. The number of esters is 1. The van der Waals surface area contributed by atoms with Crippen LogP contribution < -0.4 is 10.2 Å². The number of anilines is 2. The summed E-state index contributed by atoms with van der Waals surface area (Å²) in [6.45, 7) is 2.31. The zero-order valence-electron chi connectivity index (χ0n) is 15.8. The SMILES string of the molecule is CCOC(=O)c1ccc(N2CC(C(=O)Nc3nc4ccccc4[nH]3)CC2=O)cc1. The lowest BCUT2D eigenvalue weighted by atomic mass is 10.1. The zero-order valence-corrected chi connectivity index (χ0v) is 15.8. The maximum absolute atomic E-state index is 12.6. The second-order valence-corrected chi connectivity index (χ2v) is 6.76. The number of hydrogen-bond donors (Lipinski definition) is 2. The molecule has 148 valence electrons. The van der Waals surface area contributed by atoms with Crippen LogP contribution in [0.5, 0.6) is 0 Å². The zero-order chi connectivity index (χ0) is 20.4. The molecule has 1 aromatic heterocycles. The first-order chi connectivity index (χ1) is 14.0. The summed E-state index contributed by atoms with van der Waals surface area (Å²) < 4.78 is 4.96. The van der Waals surface area contributed by atoms with Crippen molar-refractivity contribution in [3.05, 3.63) is 54.1 Å². The third-order valence-corrected chi connectivity index (χ3v) is 4.82. The number of imidazole rings is 1. The number of carbonyl (C=O) groups excluding carboxylic acids is 3. The largest absolute Gasteiger partial charge is 0.462 e. The second kappa shape index (κ2) is 7.75. The molecule has 2 aromatic carbocycles. The fourth-order valence-electron chi connectivity index (χ4n) is 3.36. The summed E-state index contributed by atoms with van der Waals surface area (Å²) in [6.07, 6.45) is 0.117. The average Bonchev–Trinajstić information content (AvgIpc) is 3.31. The van der Waals surface area contributed by atoms with Gasteiger partial charge in [0.25, 0.3) is 0 Å². The lowest BCUT2D eigenvalue weighted by molar-refractivity contribution is -0.122. The van der Waals surface area contributed by atoms with Crippen LogP contribution in [0.4, 0.5) is 11.6 Å². The van der Waals surface area contributed by atoms with Crippen LogP contribution in [0.25, 0.3) is 11.0 Å². The Morgan fingerprint density at radius 3 is 2.69 bits per heavy atom. The molecule has 29 heavy (non-hydrogen) atoms. The van der Waals surface area contributed by atoms with Gasteiger partial charge in [0.05, 0.1) is 29.1 Å². The van der Waals surface area contributed by atoms with Crippen molar-refractivity contribution < 1.29 is 19.1 Å². The summed E-state index contributed by atoms with van der Waals surface area (Å²) in [6, 6.07) is 14.1. The van der Waals surface area contributed by atoms with Crippen LogP contribution in [0.15, 0.2) is 48.5 Å². The van der Waals surface area contributed by atoms with Crippen LogP contribution in [-0.2, 0) is 14.3 Å². The fourth-order valence-corrected chi connectivity index (χ4v) is 3.36. The molecule has 3 aromatic rings. The number of para-hydroxylation sites is 2. The van der Waals surface area contributed by atoms with Gasteiger partial charge in [0.1, 0.15) is 0 Å². The third kappa shape index (κ3) is 3.82. The molecule has 1 fully saturated rings. The Balaban J connectivity index is 1.43. The van der Waals surface area contributed by atoms with E-state index in [-0.39, 0.29) is 24.8 Å². The minimum Gasteiger partial charge on any atom is -0.462 e. The van der Waals surface area contributed by atoms with Gasteiger partial charge >= 0.3 is 5.97 Å². The normalized spacial score (nSPS) is 16.2. The summed E-state index contributed by atoms with van der Waals surface area (Å²) in [7, 11) is 0. The molecular weight excluding hydrogens is 372 g/mol. The third-order valence-electron chi connectivity index (χ3n) is 4.82. The molecule has 2 N–H and O–H groups in total. The first kappa shape index (κ1) is 18.7. The number of rotatable bonds is 5. The van der Waals surface area contributed by atoms with E-state index < -0.39 is 11.9 Å². The number of fused-ring (bicyclic) bond motifs is 1. The van der Waals surface area contributed by atoms with Gasteiger partial charge in [-0.1, -0.05) is 12.1 Å². The van der Waals surface area contributed by atoms with E-state index in [0.29, 0.717) is 23.8 Å². The molecule has 1 aliphatic rings. The van der Waals surface area contributed by atoms with Gasteiger partial charge in [0.15, 0.2) is 0 Å². The molecule has 1 saturated heterocycles. The molecule has 0 saturated carbocycles. The van der Waals surface area contributed by atoms with Gasteiger partial charge < -0.3 is 14.6 Å². The van der Waals surface area contributed by atoms with Crippen LogP contribution in [0.1, 0.15) is 23.7 Å². The topological polar surface area (TPSA) is 104 Å². The van der Waals surface area contributed by atoms with Crippen molar-refractivity contribution in [2.24, 2.45) is 5.92 Å². The van der Waals surface area contributed by atoms with Gasteiger partial charge in [-0.3, -0.25) is 14.9 Å². The lowest BCUT2D eigenvalue weighted by Gasteiger charge is -2.17. The highest BCUT2D eigenvalue weighted by molar-refractivity contribution is 6.03. The highest BCUT2D eigenvalue weighted by atomic mass is 16.5. The number of H-pyrrole nitrogens is 1. The van der Waals surface area contributed by atoms with Crippen LogP contribution in [-0.4, -0.2) is 40.9 Å². The summed E-state index contributed by atoms with van der Waals surface area (Å²) in [4.78, 5) is 45.7. The van der Waals surface area contributed by atoms with Crippen molar-refractivity contribution >= 4 is 40.5 Å². The van der Waals surface area contributed by atoms with Gasteiger partial charge in [-0.2, -0.15) is 0 Å². The molecule has 1 aliphatic heterocycles. The molecule has 0 spiro atoms. The average molecular weight is 392 g/mol. The summed E-state index contributed by atoms with van der Waals surface area (Å²) in [5, 5.41) is 2.76. The monoisotopic (exact) mass is 392 g/mol. The number of aromatic nitrogens is 2. The summed E-state index contributed by atoms with van der Waals surface area (Å²) >= 11 is 0. The Labute approximate surface area is 166 Å². The number of benzene rings is 2. The Bertz CT molecular complexity index is 1040. The number of amides is 2. The van der Waals surface area contributed by atoms with E-state index >= 15 is 0 Å². The van der Waals surface area contributed by atoms with E-state index in [1.54, 1.807) is 36.1 Å². The molecule has 0 bridgehead atoms. The van der Waals surface area contributed by atoms with Crippen molar-refractivity contribution in [1.82, 2.24) is 9.97 Å². The van der Waals surface area contributed by atoms with Crippen molar-refractivity contribution in [1.29, 1.82) is 0 Å². The molecule has 0 aliphatic carbocycles. The maximum Gasteiger partial charge on any atom is 0.338 e. The van der Waals surface area contributed by atoms with Gasteiger partial charge in [-0.05, 0) is 43.3 Å². The van der Waals surface area contributed by atoms with Crippen molar-refractivity contribution in [3.63, 3.8) is 0 Å². The Hall–Kier alpha value is -3.68. The van der Waals surface area contributed by atoms with Crippen molar-refractivity contribution in [2.45, 2.75) is 13.3 Å². The van der Waals surface area contributed by atoms with Crippen LogP contribution >= 0.6 is 0 Å². The van der Waals surface area contributed by atoms with E-state index in [2.05, 4.69) is 15.3 Å². The Kier molecular flexibility index (Phi) is 4.99. The highest BCUT2D eigenvalue weighted by Gasteiger charge is 2.35. The number of nitrogens with zero attached hydrogens (tertiary/aromatic N) is 2. The molecule has 1 unspecified atom stereocenters. The van der Waals surface area contributed by atoms with E-state index in [9.17, 15) is 14.4 Å². The van der Waals surface area contributed by atoms with E-state index in [1.165, 1.54) is 0 Å². The first-order valence-corrected chi connectivity index (χ1v) is 9.38. The van der Waals surface area contributed by atoms with E-state index in [0.717, 1.165) is 11.0 Å². The minimum atomic E-state index is -0.486. The van der Waals surface area contributed by atoms with Crippen molar-refractivity contribution in [3.8, 4) is 0 Å². The molecule has 1 atom stereocenters. The molecule has 4 rings (SSSR count). The van der Waals surface area contributed by atoms with Crippen LogP contribution in [0, 0.1) is 5.92 Å². The number of hydrogen-bond acceptors (Lipinski definition) is 5. The van der Waals surface area contributed by atoms with E-state index in [1.807, 2.05) is 24.3 Å². The van der Waals surface area contributed by atoms with Gasteiger partial charge in [0, 0.05) is 18.7 Å². The molecule has 2 amide bonds. The minimum absolute atomic E-state index is 0.117. The number of aromatic amines is 1. The summed E-state index contributed by atoms with van der Waals surface area (Å²) in [5.41, 5.74) is 2.64. The molecule has 8 heteroatoms. The van der Waals surface area contributed by atoms with Gasteiger partial charge in [-0.25, -0.2) is 9.78 Å². The molecule has 0 radical (unpaired) electrons. The summed E-state index contributed by atoms with van der Waals surface area (Å²) in [5.74, 6) is -0.932. The second-order valence-electron chi connectivity index (χ2n) is 6.76. The maximum atomic E-state index is 12.6. The van der Waals surface area contributed by atoms with Crippen LogP contribution in [0.2, 0.25) is 0 Å². The number of ether oxygens (including phenoxy) is 1. The Morgan fingerprint density at radius 2 is 1.97 bits per heavy atom. The standard InChI is InChI=1S/C21H20N4O4/c1-2-29-20(28)13-7-9-15(10-8-13)25-12-14(11-18(25)26)19(27)24-21-22-16-5-3-4-6-17(16)23-21/h3-10,14H,2,11-12H2,1H3,(H2,22,23,24,27). The van der Waals surface area contributed by atoms with Crippen molar-refractivity contribution in [2.75, 3.05) is 23.4 Å². The lowest BCUT2D eigenvalue weighted by Crippen LogP contribution is -2.28. The number of nitrogens with one attached hydrogen (secondary N) is 2. The van der Waals surface area contributed by atoms with Crippen LogP contribution in [0.3, 0.4) is 0 Å². The van der Waals surface area contributed by atoms with Gasteiger partial charge in [0.2, 0.25) is 17.8 Å². The first-order valence-electron chi connectivity index (χ1n) is 9.38. The molecule has 2 heterocycles. The molecule has 8 nitrogen and oxygen atoms in total. The Morgan fingerprint density at radius 1 is 1.21 bits per heavy atom. The predicted molar refractivity (Wildman–Crippen MR) is 108 cm³/mol. The number of carbonyl (C=O) groups is 3. The molecular formula is C21H20N4O4. The quantitative estimate of drug-likeness (QED) is 0.650. The highest BCUT2D eigenvalue weighted by Crippen LogP contribution is 2.26. The van der Waals surface area contributed by atoms with Gasteiger partial charge in [-0.15, -0.1) is 0 Å². The fraction of sp³-hybridized carbons (Fsp3) is 0.238. The smallest absolute Gasteiger partial charge is 0.338 e. The van der Waals surface area contributed by atoms with E-state index in [4.69, 9.17) is 4.74 Å².